The molecular formula is C11H9N3O. The van der Waals surface area contributed by atoms with Crippen molar-refractivity contribution in [3.8, 4) is 5.75 Å². The average Bonchev–Trinajstić information content (AvgIpc) is 2.28. The smallest absolute Gasteiger partial charge is 0.127 e. The van der Waals surface area contributed by atoms with Gasteiger partial charge in [0.15, 0.2) is 0 Å². The molecule has 2 aromatic rings. The third-order valence-corrected chi connectivity index (χ3v) is 2.19. The molecule has 15 heavy (non-hydrogen) atoms. The van der Waals surface area contributed by atoms with Gasteiger partial charge in [0.1, 0.15) is 5.75 Å². The number of azide groups is 1. The summed E-state index contributed by atoms with van der Waals surface area (Å²) in [7, 11) is 1.60. The number of hydrogen-bond donors (Lipinski definition) is 0. The molecular weight excluding hydrogens is 190 g/mol. The van der Waals surface area contributed by atoms with Crippen molar-refractivity contribution in [3.63, 3.8) is 0 Å². The summed E-state index contributed by atoms with van der Waals surface area (Å²) < 4.78 is 5.23. The minimum atomic E-state index is 0.563. The van der Waals surface area contributed by atoms with Gasteiger partial charge in [-0.2, -0.15) is 0 Å². The van der Waals surface area contributed by atoms with Gasteiger partial charge in [-0.15, -0.1) is 0 Å². The van der Waals surface area contributed by atoms with Gasteiger partial charge in [0, 0.05) is 16.0 Å². The second-order valence-electron chi connectivity index (χ2n) is 3.06. The Morgan fingerprint density at radius 2 is 2.07 bits per heavy atom. The van der Waals surface area contributed by atoms with Crippen LogP contribution in [-0.2, 0) is 0 Å². The molecule has 4 nitrogen and oxygen atoms in total. The Balaban J connectivity index is 2.76. The van der Waals surface area contributed by atoms with E-state index in [1.807, 2.05) is 30.3 Å². The van der Waals surface area contributed by atoms with Crippen LogP contribution in [0.1, 0.15) is 0 Å². The largest absolute Gasteiger partial charge is 0.496 e. The SMILES string of the molecule is COc1cc(N=[N+]=[N-])cc2ccccc12. The first-order valence-corrected chi connectivity index (χ1v) is 4.47. The molecule has 0 saturated carbocycles. The Labute approximate surface area is 86.7 Å². The van der Waals surface area contributed by atoms with Crippen molar-refractivity contribution in [2.45, 2.75) is 0 Å². The fraction of sp³-hybridized carbons (Fsp3) is 0.0909. The summed E-state index contributed by atoms with van der Waals surface area (Å²) in [5, 5.41) is 5.58. The van der Waals surface area contributed by atoms with Crippen molar-refractivity contribution in [1.82, 2.24) is 0 Å². The van der Waals surface area contributed by atoms with Crippen molar-refractivity contribution in [2.24, 2.45) is 5.11 Å². The van der Waals surface area contributed by atoms with Crippen LogP contribution >= 0.6 is 0 Å². The number of ether oxygens (including phenoxy) is 1. The summed E-state index contributed by atoms with van der Waals surface area (Å²) in [6.45, 7) is 0. The Kier molecular flexibility index (Phi) is 2.44. The van der Waals surface area contributed by atoms with Crippen LogP contribution in [0.2, 0.25) is 0 Å². The first-order valence-electron chi connectivity index (χ1n) is 4.47. The molecule has 0 heterocycles. The number of rotatable bonds is 2. The molecule has 0 spiro atoms. The topological polar surface area (TPSA) is 58.0 Å². The van der Waals surface area contributed by atoms with E-state index in [1.54, 1.807) is 13.2 Å². The molecule has 74 valence electrons. The van der Waals surface area contributed by atoms with E-state index in [0.29, 0.717) is 5.69 Å². The monoisotopic (exact) mass is 199 g/mol. The van der Waals surface area contributed by atoms with E-state index < -0.39 is 0 Å². The normalized spacial score (nSPS) is 9.67. The van der Waals surface area contributed by atoms with E-state index in [0.717, 1.165) is 16.5 Å². The molecule has 0 N–H and O–H groups in total. The molecule has 0 aromatic heterocycles. The zero-order chi connectivity index (χ0) is 10.7. The molecule has 0 atom stereocenters. The predicted octanol–water partition coefficient (Wildman–Crippen LogP) is 3.79. The minimum Gasteiger partial charge on any atom is -0.496 e. The maximum Gasteiger partial charge on any atom is 0.127 e. The molecule has 0 unspecified atom stereocenters. The molecule has 2 aromatic carbocycles. The molecule has 2 rings (SSSR count). The van der Waals surface area contributed by atoms with Gasteiger partial charge < -0.3 is 4.74 Å². The summed E-state index contributed by atoms with van der Waals surface area (Å²) in [5.41, 5.74) is 8.94. The molecule has 4 heteroatoms. The fourth-order valence-corrected chi connectivity index (χ4v) is 1.54. The number of fused-ring (bicyclic) bond motifs is 1. The van der Waals surface area contributed by atoms with Crippen LogP contribution in [0.5, 0.6) is 5.75 Å². The molecule has 0 aliphatic carbocycles. The highest BCUT2D eigenvalue weighted by Crippen LogP contribution is 2.30. The van der Waals surface area contributed by atoms with Crippen molar-refractivity contribution >= 4 is 16.5 Å². The van der Waals surface area contributed by atoms with E-state index in [1.165, 1.54) is 0 Å². The van der Waals surface area contributed by atoms with E-state index in [-0.39, 0.29) is 0 Å². The van der Waals surface area contributed by atoms with Crippen molar-refractivity contribution in [2.75, 3.05) is 7.11 Å². The Hall–Kier alpha value is -2.19. The van der Waals surface area contributed by atoms with Gasteiger partial charge in [0.25, 0.3) is 0 Å². The van der Waals surface area contributed by atoms with E-state index in [2.05, 4.69) is 10.0 Å². The van der Waals surface area contributed by atoms with Gasteiger partial charge in [-0.3, -0.25) is 0 Å². The summed E-state index contributed by atoms with van der Waals surface area (Å²) in [6, 6.07) is 11.3. The number of nitrogens with zero attached hydrogens (tertiary/aromatic N) is 3. The lowest BCUT2D eigenvalue weighted by atomic mass is 10.1. The highest BCUT2D eigenvalue weighted by Gasteiger charge is 2.02. The summed E-state index contributed by atoms with van der Waals surface area (Å²) >= 11 is 0. The maximum atomic E-state index is 8.37. The average molecular weight is 199 g/mol. The van der Waals surface area contributed by atoms with Crippen LogP contribution in [0.3, 0.4) is 0 Å². The third-order valence-electron chi connectivity index (χ3n) is 2.19. The van der Waals surface area contributed by atoms with Crippen molar-refractivity contribution < 1.29 is 4.74 Å². The van der Waals surface area contributed by atoms with Crippen LogP contribution in [0.15, 0.2) is 41.5 Å². The van der Waals surface area contributed by atoms with Crippen LogP contribution in [0, 0.1) is 0 Å². The molecule has 0 saturated heterocycles. The van der Waals surface area contributed by atoms with E-state index in [4.69, 9.17) is 10.3 Å². The lowest BCUT2D eigenvalue weighted by Gasteiger charge is -2.06. The van der Waals surface area contributed by atoms with Crippen LogP contribution in [0.25, 0.3) is 21.2 Å². The van der Waals surface area contributed by atoms with Gasteiger partial charge in [-0.25, -0.2) is 0 Å². The summed E-state index contributed by atoms with van der Waals surface area (Å²) in [6.07, 6.45) is 0. The van der Waals surface area contributed by atoms with Crippen LogP contribution in [-0.4, -0.2) is 7.11 Å². The Bertz CT molecular complexity index is 545. The second-order valence-corrected chi connectivity index (χ2v) is 3.06. The molecule has 0 amide bonds. The quantitative estimate of drug-likeness (QED) is 0.412. The lowest BCUT2D eigenvalue weighted by Crippen LogP contribution is -1.84. The van der Waals surface area contributed by atoms with Gasteiger partial charge in [0.05, 0.1) is 7.11 Å². The fourth-order valence-electron chi connectivity index (χ4n) is 1.54. The first kappa shape index (κ1) is 9.37. The lowest BCUT2D eigenvalue weighted by molar-refractivity contribution is 0.420. The standard InChI is InChI=1S/C11H9N3O/c1-15-11-7-9(13-14-12)6-8-4-2-3-5-10(8)11/h2-7H,1H3. The Morgan fingerprint density at radius 1 is 1.27 bits per heavy atom. The zero-order valence-electron chi connectivity index (χ0n) is 8.21. The van der Waals surface area contributed by atoms with Crippen LogP contribution < -0.4 is 4.74 Å². The molecule has 0 aliphatic heterocycles. The summed E-state index contributed by atoms with van der Waals surface area (Å²) in [5.74, 6) is 0.718. The number of methoxy groups -OCH3 is 1. The van der Waals surface area contributed by atoms with Gasteiger partial charge in [-0.1, -0.05) is 29.4 Å². The van der Waals surface area contributed by atoms with E-state index in [9.17, 15) is 0 Å². The predicted molar refractivity (Wildman–Crippen MR) is 59.3 cm³/mol. The maximum absolute atomic E-state index is 8.37. The zero-order valence-corrected chi connectivity index (χ0v) is 8.21. The second kappa shape index (κ2) is 3.90. The summed E-state index contributed by atoms with van der Waals surface area (Å²) in [4.78, 5) is 2.76. The molecule has 0 fully saturated rings. The Morgan fingerprint density at radius 3 is 2.80 bits per heavy atom. The number of benzene rings is 2. The van der Waals surface area contributed by atoms with Gasteiger partial charge >= 0.3 is 0 Å². The molecule has 0 aliphatic rings. The van der Waals surface area contributed by atoms with Crippen molar-refractivity contribution in [3.05, 3.63) is 46.8 Å². The molecule has 0 radical (unpaired) electrons. The van der Waals surface area contributed by atoms with Crippen molar-refractivity contribution in [1.29, 1.82) is 0 Å². The first-order chi connectivity index (χ1) is 7.35. The van der Waals surface area contributed by atoms with Gasteiger partial charge in [0.2, 0.25) is 0 Å². The molecule has 0 bridgehead atoms. The van der Waals surface area contributed by atoms with Crippen LogP contribution in [0.4, 0.5) is 5.69 Å². The highest BCUT2D eigenvalue weighted by atomic mass is 16.5. The number of hydrogen-bond acceptors (Lipinski definition) is 2. The third kappa shape index (κ3) is 1.71. The minimum absolute atomic E-state index is 0.563. The van der Waals surface area contributed by atoms with E-state index >= 15 is 0 Å². The van der Waals surface area contributed by atoms with Gasteiger partial charge in [-0.05, 0) is 23.1 Å². The highest BCUT2D eigenvalue weighted by molar-refractivity contribution is 5.91.